The number of hydrogen-bond acceptors (Lipinski definition) is 2. The highest BCUT2D eigenvalue weighted by molar-refractivity contribution is 5.51. The zero-order valence-corrected chi connectivity index (χ0v) is 15.3. The van der Waals surface area contributed by atoms with Crippen LogP contribution >= 0.6 is 0 Å². The van der Waals surface area contributed by atoms with Gasteiger partial charge in [0.15, 0.2) is 0 Å². The van der Waals surface area contributed by atoms with E-state index in [1.807, 2.05) is 91.0 Å². The molecule has 138 valence electrons. The largest absolute Gasteiger partial charge is 0.489 e. The van der Waals surface area contributed by atoms with Crippen LogP contribution < -0.4 is 20.9 Å². The number of hydrogen-bond donors (Lipinski definition) is 1. The quantitative estimate of drug-likeness (QED) is 0.589. The van der Waals surface area contributed by atoms with Crippen LogP contribution in [0.4, 0.5) is 0 Å². The number of rotatable bonds is 5. The molecule has 0 saturated carbocycles. The maximum Gasteiger partial charge on any atom is 0.279 e. The normalized spacial score (nSPS) is 11.5. The van der Waals surface area contributed by atoms with Gasteiger partial charge in [-0.1, -0.05) is 67.2 Å². The Balaban J connectivity index is 1.57. The van der Waals surface area contributed by atoms with E-state index in [9.17, 15) is 4.79 Å². The molecule has 0 aliphatic heterocycles. The van der Waals surface area contributed by atoms with Gasteiger partial charge in [-0.15, -0.1) is 0 Å². The molecule has 0 spiro atoms. The third-order valence-corrected chi connectivity index (χ3v) is 4.46. The Labute approximate surface area is 162 Å². The zero-order valence-electron chi connectivity index (χ0n) is 15.3. The van der Waals surface area contributed by atoms with E-state index in [0.29, 0.717) is 17.2 Å². The zero-order chi connectivity index (χ0) is 19.3. The topological polar surface area (TPSA) is 47.0 Å². The van der Waals surface area contributed by atoms with Crippen molar-refractivity contribution in [2.45, 2.75) is 6.61 Å². The molecule has 4 rings (SSSR count). The van der Waals surface area contributed by atoms with Crippen LogP contribution in [-0.2, 0) is 6.61 Å². The van der Waals surface area contributed by atoms with Gasteiger partial charge in [0.25, 0.3) is 5.56 Å². The molecular formula is C24H20N2O2. The number of para-hydroxylation sites is 1. The average molecular weight is 368 g/mol. The molecule has 0 bridgehead atoms. The van der Waals surface area contributed by atoms with Gasteiger partial charge in [-0.05, 0) is 41.5 Å². The molecule has 1 aromatic heterocycles. The first-order chi connectivity index (χ1) is 13.7. The molecule has 0 saturated heterocycles. The molecule has 1 heterocycles. The number of H-pyrrole nitrogens is 1. The monoisotopic (exact) mass is 368 g/mol. The summed E-state index contributed by atoms with van der Waals surface area (Å²) in [6, 6.07) is 27.1. The summed E-state index contributed by atoms with van der Waals surface area (Å²) in [5, 5.41) is 4.16. The lowest BCUT2D eigenvalue weighted by Gasteiger charge is -2.06. The molecule has 3 aromatic carbocycles. The van der Waals surface area contributed by atoms with E-state index in [1.165, 1.54) is 4.68 Å². The predicted octanol–water partition coefficient (Wildman–Crippen LogP) is 2.98. The van der Waals surface area contributed by atoms with Crippen LogP contribution in [0.15, 0.2) is 89.7 Å². The maximum absolute atomic E-state index is 12.8. The van der Waals surface area contributed by atoms with Gasteiger partial charge in [-0.2, -0.15) is 0 Å². The summed E-state index contributed by atoms with van der Waals surface area (Å²) in [4.78, 5) is 12.8. The van der Waals surface area contributed by atoms with Crippen molar-refractivity contribution in [1.82, 2.24) is 9.78 Å². The summed E-state index contributed by atoms with van der Waals surface area (Å²) in [6.07, 6.45) is 1.83. The Kier molecular flexibility index (Phi) is 4.93. The minimum atomic E-state index is -0.124. The number of nitrogens with zero attached hydrogens (tertiary/aromatic N) is 1. The average Bonchev–Trinajstić information content (AvgIpc) is 3.03. The maximum atomic E-state index is 12.8. The Morgan fingerprint density at radius 1 is 0.893 bits per heavy atom. The summed E-state index contributed by atoms with van der Waals surface area (Å²) in [5.41, 5.74) is 2.68. The lowest BCUT2D eigenvalue weighted by Crippen LogP contribution is -2.33. The van der Waals surface area contributed by atoms with Crippen molar-refractivity contribution in [2.24, 2.45) is 0 Å². The van der Waals surface area contributed by atoms with Crippen molar-refractivity contribution in [3.8, 4) is 11.4 Å². The second-order valence-electron chi connectivity index (χ2n) is 6.47. The fourth-order valence-corrected chi connectivity index (χ4v) is 2.97. The fraction of sp³-hybridized carbons (Fsp3) is 0.0417. The second-order valence-corrected chi connectivity index (χ2v) is 6.47. The number of ether oxygens (including phenoxy) is 1. The fourth-order valence-electron chi connectivity index (χ4n) is 2.97. The lowest BCUT2D eigenvalue weighted by atomic mass is 10.2. The van der Waals surface area contributed by atoms with E-state index in [1.54, 1.807) is 0 Å². The van der Waals surface area contributed by atoms with E-state index in [2.05, 4.69) is 11.7 Å². The van der Waals surface area contributed by atoms with Crippen LogP contribution in [0.25, 0.3) is 18.3 Å². The summed E-state index contributed by atoms with van der Waals surface area (Å²) in [7, 11) is 0. The smallest absolute Gasteiger partial charge is 0.279 e. The van der Waals surface area contributed by atoms with E-state index in [-0.39, 0.29) is 5.56 Å². The summed E-state index contributed by atoms with van der Waals surface area (Å²) < 4.78 is 7.31. The molecule has 0 atom stereocenters. The van der Waals surface area contributed by atoms with Crippen LogP contribution in [0.2, 0.25) is 0 Å². The first-order valence-corrected chi connectivity index (χ1v) is 9.04. The number of aromatic amines is 1. The molecule has 0 amide bonds. The van der Waals surface area contributed by atoms with Crippen molar-refractivity contribution in [1.29, 1.82) is 0 Å². The summed E-state index contributed by atoms with van der Waals surface area (Å²) in [6.45, 7) is 4.49. The molecule has 0 fully saturated rings. The van der Waals surface area contributed by atoms with E-state index in [0.717, 1.165) is 22.6 Å². The highest BCUT2D eigenvalue weighted by Crippen LogP contribution is 2.14. The van der Waals surface area contributed by atoms with Crippen molar-refractivity contribution < 1.29 is 4.74 Å². The van der Waals surface area contributed by atoms with Crippen molar-refractivity contribution in [2.75, 3.05) is 0 Å². The third kappa shape index (κ3) is 3.81. The highest BCUT2D eigenvalue weighted by atomic mass is 16.5. The predicted molar refractivity (Wildman–Crippen MR) is 112 cm³/mol. The minimum Gasteiger partial charge on any atom is -0.489 e. The molecule has 28 heavy (non-hydrogen) atoms. The van der Waals surface area contributed by atoms with E-state index >= 15 is 0 Å². The van der Waals surface area contributed by atoms with Crippen LogP contribution in [-0.4, -0.2) is 9.78 Å². The van der Waals surface area contributed by atoms with Gasteiger partial charge in [-0.25, -0.2) is 4.68 Å². The van der Waals surface area contributed by atoms with Crippen LogP contribution in [0.3, 0.4) is 0 Å². The summed E-state index contributed by atoms with van der Waals surface area (Å²) in [5.74, 6) is 0.784. The summed E-state index contributed by atoms with van der Waals surface area (Å²) >= 11 is 0. The molecule has 0 aliphatic rings. The van der Waals surface area contributed by atoms with Crippen LogP contribution in [0.1, 0.15) is 11.1 Å². The van der Waals surface area contributed by atoms with E-state index in [4.69, 9.17) is 4.74 Å². The Bertz CT molecular complexity index is 1220. The van der Waals surface area contributed by atoms with Gasteiger partial charge in [-0.3, -0.25) is 9.89 Å². The van der Waals surface area contributed by atoms with Crippen molar-refractivity contribution >= 4 is 12.7 Å². The first-order valence-electron chi connectivity index (χ1n) is 9.04. The Morgan fingerprint density at radius 2 is 1.54 bits per heavy atom. The lowest BCUT2D eigenvalue weighted by molar-refractivity contribution is 0.306. The molecule has 4 nitrogen and oxygen atoms in total. The minimum absolute atomic E-state index is 0.124. The molecule has 0 radical (unpaired) electrons. The molecule has 0 aliphatic carbocycles. The van der Waals surface area contributed by atoms with Gasteiger partial charge in [0.05, 0.1) is 16.3 Å². The van der Waals surface area contributed by atoms with Crippen LogP contribution in [0, 0.1) is 0 Å². The van der Waals surface area contributed by atoms with Crippen LogP contribution in [0.5, 0.6) is 5.75 Å². The Hall–Kier alpha value is -3.79. The number of aromatic nitrogens is 2. The van der Waals surface area contributed by atoms with Gasteiger partial charge >= 0.3 is 0 Å². The molecular weight excluding hydrogens is 348 g/mol. The van der Waals surface area contributed by atoms with Crippen molar-refractivity contribution in [3.05, 3.63) is 117 Å². The second kappa shape index (κ2) is 7.84. The van der Waals surface area contributed by atoms with Crippen molar-refractivity contribution in [3.63, 3.8) is 0 Å². The SMILES string of the molecule is C=c1[nH]n(-c2ccccc2)c(=O)/c1=C/c1ccc(OCc2ccccc2)cc1. The van der Waals surface area contributed by atoms with Gasteiger partial charge in [0.1, 0.15) is 12.4 Å². The number of nitrogens with one attached hydrogen (secondary N) is 1. The molecule has 1 N–H and O–H groups in total. The Morgan fingerprint density at radius 3 is 2.21 bits per heavy atom. The third-order valence-electron chi connectivity index (χ3n) is 4.46. The highest BCUT2D eigenvalue weighted by Gasteiger charge is 2.04. The molecule has 4 aromatic rings. The number of benzene rings is 3. The van der Waals surface area contributed by atoms with Gasteiger partial charge in [0, 0.05) is 0 Å². The standard InChI is InChI=1S/C24H20N2O2/c1-18-23(24(27)26(25-18)21-10-6-3-7-11-21)16-19-12-14-22(15-13-19)28-17-20-8-4-2-5-9-20/h2-16,25H,1,17H2/b23-16+. The first kappa shape index (κ1) is 17.6. The molecule has 0 unspecified atom stereocenters. The van der Waals surface area contributed by atoms with E-state index < -0.39 is 0 Å². The van der Waals surface area contributed by atoms with Gasteiger partial charge in [0.2, 0.25) is 0 Å². The molecule has 4 heteroatoms. The van der Waals surface area contributed by atoms with Gasteiger partial charge < -0.3 is 4.74 Å².